The first kappa shape index (κ1) is 14.6. The normalized spacial score (nSPS) is 13.9. The molecule has 1 unspecified atom stereocenters. The molecule has 0 amide bonds. The Balaban J connectivity index is 3.01. The van der Waals surface area contributed by atoms with Crippen molar-refractivity contribution in [2.45, 2.75) is 18.7 Å². The van der Waals surface area contributed by atoms with E-state index >= 15 is 0 Å². The molecule has 96 valence electrons. The molecule has 0 fully saturated rings. The lowest BCUT2D eigenvalue weighted by Crippen LogP contribution is -2.22. The lowest BCUT2D eigenvalue weighted by Gasteiger charge is -2.18. The highest BCUT2D eigenvalue weighted by atomic mass is 79.9. The molecule has 0 aliphatic heterocycles. The Morgan fingerprint density at radius 2 is 1.88 bits per heavy atom. The molecule has 0 N–H and O–H groups in total. The molecule has 1 atom stereocenters. The summed E-state index contributed by atoms with van der Waals surface area (Å²) in [6, 6.07) is 5.51. The van der Waals surface area contributed by atoms with E-state index in [1.807, 2.05) is 13.8 Å². The molecule has 1 aromatic carbocycles. The highest BCUT2D eigenvalue weighted by Gasteiger charge is 2.25. The van der Waals surface area contributed by atoms with Gasteiger partial charge in [0.25, 0.3) is 0 Å². The predicted octanol–water partition coefficient (Wildman–Crippen LogP) is 3.27. The Labute approximate surface area is 110 Å². The Morgan fingerprint density at radius 3 is 2.35 bits per heavy atom. The number of sulfone groups is 1. The summed E-state index contributed by atoms with van der Waals surface area (Å²) < 4.78 is 37.6. The second-order valence-corrected chi connectivity index (χ2v) is 7.02. The summed E-state index contributed by atoms with van der Waals surface area (Å²) in [5.74, 6) is -0.489. The number of halogens is 2. The highest BCUT2D eigenvalue weighted by Crippen LogP contribution is 2.22. The van der Waals surface area contributed by atoms with Crippen molar-refractivity contribution in [2.24, 2.45) is 11.8 Å². The summed E-state index contributed by atoms with van der Waals surface area (Å²) in [4.78, 5) is -0.202. The van der Waals surface area contributed by atoms with E-state index in [1.54, 1.807) is 0 Å². The van der Waals surface area contributed by atoms with Crippen LogP contribution in [-0.2, 0) is 9.84 Å². The highest BCUT2D eigenvalue weighted by molar-refractivity contribution is 9.09. The first-order valence-electron chi connectivity index (χ1n) is 5.41. The fourth-order valence-corrected chi connectivity index (χ4v) is 4.66. The zero-order valence-corrected chi connectivity index (χ0v) is 12.3. The molecule has 1 aromatic rings. The molecular weight excluding hydrogens is 307 g/mol. The van der Waals surface area contributed by atoms with Crippen LogP contribution >= 0.6 is 15.9 Å². The quantitative estimate of drug-likeness (QED) is 0.780. The first-order valence-corrected chi connectivity index (χ1v) is 8.19. The lowest BCUT2D eigenvalue weighted by molar-refractivity contribution is 0.460. The number of hydrogen-bond donors (Lipinski definition) is 0. The Morgan fingerprint density at radius 1 is 1.29 bits per heavy atom. The average Bonchev–Trinajstić information content (AvgIpc) is 2.26. The molecule has 0 aliphatic rings. The summed E-state index contributed by atoms with van der Waals surface area (Å²) in [5.41, 5.74) is 0. The van der Waals surface area contributed by atoms with Crippen molar-refractivity contribution in [1.82, 2.24) is 0 Å². The van der Waals surface area contributed by atoms with Gasteiger partial charge in [0.1, 0.15) is 10.7 Å². The summed E-state index contributed by atoms with van der Waals surface area (Å²) in [6.07, 6.45) is 0. The van der Waals surface area contributed by atoms with Gasteiger partial charge in [-0.3, -0.25) is 0 Å². The van der Waals surface area contributed by atoms with E-state index in [0.29, 0.717) is 5.33 Å². The lowest BCUT2D eigenvalue weighted by atomic mass is 10.0. The van der Waals surface area contributed by atoms with Gasteiger partial charge in [-0.2, -0.15) is 0 Å². The molecule has 1 rings (SSSR count). The molecule has 0 radical (unpaired) electrons. The van der Waals surface area contributed by atoms with Crippen LogP contribution in [0.3, 0.4) is 0 Å². The van der Waals surface area contributed by atoms with Gasteiger partial charge >= 0.3 is 0 Å². The van der Waals surface area contributed by atoms with Crippen molar-refractivity contribution < 1.29 is 12.8 Å². The van der Waals surface area contributed by atoms with Crippen molar-refractivity contribution in [3.05, 3.63) is 30.1 Å². The van der Waals surface area contributed by atoms with Crippen LogP contribution in [0.15, 0.2) is 29.2 Å². The molecule has 0 spiro atoms. The summed E-state index contributed by atoms with van der Waals surface area (Å²) in [7, 11) is -3.55. The van der Waals surface area contributed by atoms with Crippen LogP contribution in [0.25, 0.3) is 0 Å². The fraction of sp³-hybridized carbons (Fsp3) is 0.500. The third-order valence-corrected chi connectivity index (χ3v) is 5.45. The molecule has 2 nitrogen and oxygen atoms in total. The van der Waals surface area contributed by atoms with Gasteiger partial charge in [-0.05, 0) is 24.0 Å². The molecule has 0 aromatic heterocycles. The maximum Gasteiger partial charge on any atom is 0.181 e. The van der Waals surface area contributed by atoms with Crippen LogP contribution in [0.2, 0.25) is 0 Å². The SMILES string of the molecule is CC(C)C(CBr)CS(=O)(=O)c1ccccc1F. The minimum atomic E-state index is -3.55. The summed E-state index contributed by atoms with van der Waals surface area (Å²) in [6.45, 7) is 3.92. The smallest absolute Gasteiger partial charge is 0.181 e. The molecular formula is C12H16BrFO2S. The molecule has 0 aliphatic carbocycles. The molecule has 0 saturated carbocycles. The van der Waals surface area contributed by atoms with Gasteiger partial charge in [-0.1, -0.05) is 41.9 Å². The zero-order valence-electron chi connectivity index (χ0n) is 9.86. The topological polar surface area (TPSA) is 34.1 Å². The van der Waals surface area contributed by atoms with E-state index in [0.717, 1.165) is 0 Å². The van der Waals surface area contributed by atoms with Crippen LogP contribution in [0.1, 0.15) is 13.8 Å². The molecule has 17 heavy (non-hydrogen) atoms. The standard InChI is InChI=1S/C12H16BrFO2S/c1-9(2)10(7-13)8-17(15,16)12-6-4-3-5-11(12)14/h3-6,9-10H,7-8H2,1-2H3. The molecule has 0 heterocycles. The molecule has 0 bridgehead atoms. The third kappa shape index (κ3) is 3.78. The third-order valence-electron chi connectivity index (χ3n) is 2.75. The van der Waals surface area contributed by atoms with E-state index in [-0.39, 0.29) is 22.5 Å². The van der Waals surface area contributed by atoms with Crippen molar-refractivity contribution >= 4 is 25.8 Å². The minimum absolute atomic E-state index is 0.0143. The largest absolute Gasteiger partial charge is 0.224 e. The molecule has 0 saturated heterocycles. The van der Waals surface area contributed by atoms with E-state index in [1.165, 1.54) is 24.3 Å². The summed E-state index contributed by atoms with van der Waals surface area (Å²) in [5, 5.41) is 0.596. The van der Waals surface area contributed by atoms with Gasteiger partial charge in [0, 0.05) is 5.33 Å². The monoisotopic (exact) mass is 322 g/mol. The number of rotatable bonds is 5. The number of hydrogen-bond acceptors (Lipinski definition) is 2. The van der Waals surface area contributed by atoms with E-state index in [9.17, 15) is 12.8 Å². The Hall–Kier alpha value is -0.420. The van der Waals surface area contributed by atoms with Gasteiger partial charge in [-0.25, -0.2) is 12.8 Å². The van der Waals surface area contributed by atoms with Crippen LogP contribution in [0.4, 0.5) is 4.39 Å². The Bertz CT molecular complexity index is 471. The Kier molecular flexibility index (Phi) is 5.13. The van der Waals surface area contributed by atoms with Gasteiger partial charge < -0.3 is 0 Å². The van der Waals surface area contributed by atoms with Crippen LogP contribution < -0.4 is 0 Å². The molecule has 5 heteroatoms. The van der Waals surface area contributed by atoms with E-state index in [2.05, 4.69) is 15.9 Å². The van der Waals surface area contributed by atoms with Gasteiger partial charge in [0.2, 0.25) is 0 Å². The van der Waals surface area contributed by atoms with Gasteiger partial charge in [-0.15, -0.1) is 0 Å². The second-order valence-electron chi connectivity index (χ2n) is 4.37. The van der Waals surface area contributed by atoms with Gasteiger partial charge in [0.05, 0.1) is 5.75 Å². The maximum atomic E-state index is 13.4. The fourth-order valence-electron chi connectivity index (χ4n) is 1.48. The average molecular weight is 323 g/mol. The number of benzene rings is 1. The predicted molar refractivity (Wildman–Crippen MR) is 70.6 cm³/mol. The van der Waals surface area contributed by atoms with Crippen molar-refractivity contribution in [3.8, 4) is 0 Å². The van der Waals surface area contributed by atoms with Gasteiger partial charge in [0.15, 0.2) is 9.84 Å². The van der Waals surface area contributed by atoms with Crippen molar-refractivity contribution in [3.63, 3.8) is 0 Å². The van der Waals surface area contributed by atoms with Crippen LogP contribution in [0, 0.1) is 17.7 Å². The van der Waals surface area contributed by atoms with Crippen molar-refractivity contribution in [1.29, 1.82) is 0 Å². The van der Waals surface area contributed by atoms with Crippen molar-refractivity contribution in [2.75, 3.05) is 11.1 Å². The first-order chi connectivity index (χ1) is 7.88. The van der Waals surface area contributed by atoms with E-state index in [4.69, 9.17) is 0 Å². The van der Waals surface area contributed by atoms with Crippen LogP contribution in [0.5, 0.6) is 0 Å². The summed E-state index contributed by atoms with van der Waals surface area (Å²) >= 11 is 3.30. The van der Waals surface area contributed by atoms with Crippen LogP contribution in [-0.4, -0.2) is 19.5 Å². The minimum Gasteiger partial charge on any atom is -0.224 e. The zero-order chi connectivity index (χ0) is 13.1. The second kappa shape index (κ2) is 5.96. The van der Waals surface area contributed by atoms with E-state index < -0.39 is 15.7 Å². The maximum absolute atomic E-state index is 13.4. The number of alkyl halides is 1.